The van der Waals surface area contributed by atoms with Gasteiger partial charge < -0.3 is 26.0 Å². The van der Waals surface area contributed by atoms with Crippen molar-refractivity contribution in [1.29, 1.82) is 0 Å². The lowest BCUT2D eigenvalue weighted by atomic mass is 10.0. The van der Waals surface area contributed by atoms with Crippen molar-refractivity contribution in [3.05, 3.63) is 16.5 Å². The largest absolute Gasteiger partial charge is 0.477 e. The summed E-state index contributed by atoms with van der Waals surface area (Å²) in [6.07, 6.45) is 2.31. The Hall–Kier alpha value is -1.90. The molecule has 24 heavy (non-hydrogen) atoms. The van der Waals surface area contributed by atoms with Crippen LogP contribution in [0.15, 0.2) is 6.07 Å². The lowest BCUT2D eigenvalue weighted by Gasteiger charge is -2.30. The highest BCUT2D eigenvalue weighted by molar-refractivity contribution is 7.21. The van der Waals surface area contributed by atoms with Gasteiger partial charge in [0, 0.05) is 25.1 Å². The average molecular weight is 351 g/mol. The molecule has 7 nitrogen and oxygen atoms in total. The number of carbonyl (C=O) groups is 1. The molecule has 0 atom stereocenters. The standard InChI is InChI=1S/C16H21N3O4S/c17-13-12-9(2-1-7-20)8-11(19-5-3-10(21)4-6-19)18-15(12)24-14(13)16(22)23/h8,10,20-21H,1-7,17H2,(H,22,23). The van der Waals surface area contributed by atoms with Crippen molar-refractivity contribution in [2.24, 2.45) is 0 Å². The molecule has 3 heterocycles. The number of fused-ring (bicyclic) bond motifs is 1. The van der Waals surface area contributed by atoms with E-state index in [1.54, 1.807) is 0 Å². The Kier molecular flexibility index (Phi) is 4.88. The molecule has 1 aliphatic rings. The van der Waals surface area contributed by atoms with Crippen molar-refractivity contribution in [2.45, 2.75) is 31.8 Å². The van der Waals surface area contributed by atoms with Crippen LogP contribution in [0.1, 0.15) is 34.5 Å². The molecule has 1 saturated heterocycles. The fourth-order valence-electron chi connectivity index (χ4n) is 3.07. The Morgan fingerprint density at radius 2 is 2.12 bits per heavy atom. The number of rotatable bonds is 5. The van der Waals surface area contributed by atoms with Crippen molar-refractivity contribution in [3.8, 4) is 0 Å². The molecule has 0 bridgehead atoms. The number of hydrogen-bond donors (Lipinski definition) is 4. The fourth-order valence-corrected chi connectivity index (χ4v) is 4.04. The number of nitrogen functional groups attached to an aromatic ring is 1. The first-order chi connectivity index (χ1) is 11.5. The zero-order chi connectivity index (χ0) is 17.3. The Labute approximate surface area is 143 Å². The van der Waals surface area contributed by atoms with Gasteiger partial charge in [0.05, 0.1) is 11.8 Å². The molecule has 0 saturated carbocycles. The summed E-state index contributed by atoms with van der Waals surface area (Å²) < 4.78 is 0. The van der Waals surface area contributed by atoms with E-state index < -0.39 is 5.97 Å². The monoisotopic (exact) mass is 351 g/mol. The Balaban J connectivity index is 2.06. The van der Waals surface area contributed by atoms with Crippen LogP contribution in [0.2, 0.25) is 0 Å². The van der Waals surface area contributed by atoms with E-state index in [4.69, 9.17) is 10.8 Å². The molecule has 3 rings (SSSR count). The van der Waals surface area contributed by atoms with E-state index in [-0.39, 0.29) is 23.3 Å². The van der Waals surface area contributed by atoms with Crippen LogP contribution in [-0.2, 0) is 6.42 Å². The van der Waals surface area contributed by atoms with Crippen LogP contribution in [0, 0.1) is 0 Å². The SMILES string of the molecule is Nc1c(C(=O)O)sc2nc(N3CCC(O)CC3)cc(CCCO)c12. The molecule has 2 aromatic rings. The number of aromatic carboxylic acids is 1. The quantitative estimate of drug-likeness (QED) is 0.644. The molecule has 0 radical (unpaired) electrons. The zero-order valence-corrected chi connectivity index (χ0v) is 14.1. The minimum atomic E-state index is -1.05. The highest BCUT2D eigenvalue weighted by Gasteiger charge is 2.23. The molecule has 130 valence electrons. The molecular weight excluding hydrogens is 330 g/mol. The summed E-state index contributed by atoms with van der Waals surface area (Å²) in [4.78, 5) is 18.8. The minimum absolute atomic E-state index is 0.0604. The zero-order valence-electron chi connectivity index (χ0n) is 13.2. The lowest BCUT2D eigenvalue weighted by Crippen LogP contribution is -2.36. The van der Waals surface area contributed by atoms with E-state index in [9.17, 15) is 15.0 Å². The van der Waals surface area contributed by atoms with Gasteiger partial charge in [-0.2, -0.15) is 0 Å². The van der Waals surface area contributed by atoms with Gasteiger partial charge >= 0.3 is 5.97 Å². The third-order valence-electron chi connectivity index (χ3n) is 4.35. The number of aliphatic hydroxyl groups excluding tert-OH is 2. The third kappa shape index (κ3) is 3.17. The van der Waals surface area contributed by atoms with Gasteiger partial charge in [-0.3, -0.25) is 0 Å². The second kappa shape index (κ2) is 6.92. The molecular formula is C16H21N3O4S. The number of hydrogen-bond acceptors (Lipinski definition) is 7. The summed E-state index contributed by atoms with van der Waals surface area (Å²) in [6.45, 7) is 1.49. The van der Waals surface area contributed by atoms with Crippen LogP contribution in [0.25, 0.3) is 10.2 Å². The van der Waals surface area contributed by atoms with Crippen molar-refractivity contribution < 1.29 is 20.1 Å². The molecule has 5 N–H and O–H groups in total. The van der Waals surface area contributed by atoms with Crippen LogP contribution in [-0.4, -0.2) is 52.1 Å². The van der Waals surface area contributed by atoms with Crippen molar-refractivity contribution in [1.82, 2.24) is 4.98 Å². The number of pyridine rings is 1. The Morgan fingerprint density at radius 1 is 1.42 bits per heavy atom. The fraction of sp³-hybridized carbons (Fsp3) is 0.500. The number of nitrogens with two attached hydrogens (primary N) is 1. The Bertz CT molecular complexity index is 753. The maximum atomic E-state index is 11.4. The van der Waals surface area contributed by atoms with Crippen molar-refractivity contribution in [2.75, 3.05) is 30.3 Å². The maximum absolute atomic E-state index is 11.4. The minimum Gasteiger partial charge on any atom is -0.477 e. The second-order valence-electron chi connectivity index (χ2n) is 6.02. The number of aromatic nitrogens is 1. The van der Waals surface area contributed by atoms with Crippen LogP contribution in [0.4, 0.5) is 11.5 Å². The lowest BCUT2D eigenvalue weighted by molar-refractivity contribution is 0.0703. The molecule has 8 heteroatoms. The van der Waals surface area contributed by atoms with Gasteiger partial charge in [0.2, 0.25) is 0 Å². The van der Waals surface area contributed by atoms with Gasteiger partial charge in [-0.05, 0) is 37.3 Å². The third-order valence-corrected chi connectivity index (χ3v) is 5.44. The van der Waals surface area contributed by atoms with Crippen molar-refractivity contribution >= 4 is 39.0 Å². The van der Waals surface area contributed by atoms with Crippen LogP contribution < -0.4 is 10.6 Å². The normalized spacial score (nSPS) is 16.0. The van der Waals surface area contributed by atoms with E-state index in [1.807, 2.05) is 6.07 Å². The summed E-state index contributed by atoms with van der Waals surface area (Å²) in [5.74, 6) is -0.271. The number of aryl methyl sites for hydroxylation is 1. The molecule has 0 aromatic carbocycles. The highest BCUT2D eigenvalue weighted by Crippen LogP contribution is 2.37. The predicted octanol–water partition coefficient (Wildman–Crippen LogP) is 1.46. The number of aliphatic hydroxyl groups is 2. The predicted molar refractivity (Wildman–Crippen MR) is 93.9 cm³/mol. The number of anilines is 2. The van der Waals surface area contributed by atoms with Crippen LogP contribution in [0.3, 0.4) is 0 Å². The Morgan fingerprint density at radius 3 is 2.75 bits per heavy atom. The van der Waals surface area contributed by atoms with E-state index in [0.29, 0.717) is 49.0 Å². The smallest absolute Gasteiger partial charge is 0.348 e. The molecule has 0 spiro atoms. The second-order valence-corrected chi connectivity index (χ2v) is 7.01. The first-order valence-electron chi connectivity index (χ1n) is 8.00. The van der Waals surface area contributed by atoms with Gasteiger partial charge in [0.15, 0.2) is 0 Å². The summed E-state index contributed by atoms with van der Waals surface area (Å²) >= 11 is 1.08. The first kappa shape index (κ1) is 16.9. The molecule has 2 aromatic heterocycles. The molecule has 1 fully saturated rings. The number of carboxylic acid groups (broad SMARTS) is 1. The highest BCUT2D eigenvalue weighted by atomic mass is 32.1. The van der Waals surface area contributed by atoms with Gasteiger partial charge in [0.25, 0.3) is 0 Å². The molecule has 1 aliphatic heterocycles. The van der Waals surface area contributed by atoms with E-state index in [1.165, 1.54) is 0 Å². The number of nitrogens with zero attached hydrogens (tertiary/aromatic N) is 2. The van der Waals surface area contributed by atoms with Gasteiger partial charge in [-0.25, -0.2) is 9.78 Å². The number of thiophene rings is 1. The summed E-state index contributed by atoms with van der Waals surface area (Å²) in [5, 5.41) is 28.8. The molecule has 0 amide bonds. The van der Waals surface area contributed by atoms with Gasteiger partial charge in [-0.1, -0.05) is 0 Å². The van der Waals surface area contributed by atoms with Crippen LogP contribution in [0.5, 0.6) is 0 Å². The summed E-state index contributed by atoms with van der Waals surface area (Å²) in [5.41, 5.74) is 7.21. The molecule has 0 unspecified atom stereocenters. The summed E-state index contributed by atoms with van der Waals surface area (Å²) in [6, 6.07) is 1.93. The van der Waals surface area contributed by atoms with E-state index >= 15 is 0 Å². The number of carboxylic acids is 1. The van der Waals surface area contributed by atoms with Crippen molar-refractivity contribution in [3.63, 3.8) is 0 Å². The number of piperidine rings is 1. The molecule has 0 aliphatic carbocycles. The van der Waals surface area contributed by atoms with Gasteiger partial charge in [-0.15, -0.1) is 11.3 Å². The van der Waals surface area contributed by atoms with E-state index in [2.05, 4.69) is 9.88 Å². The summed E-state index contributed by atoms with van der Waals surface area (Å²) in [7, 11) is 0. The first-order valence-corrected chi connectivity index (χ1v) is 8.82. The van der Waals surface area contributed by atoms with Gasteiger partial charge in [0.1, 0.15) is 15.5 Å². The average Bonchev–Trinajstić information content (AvgIpc) is 2.90. The topological polar surface area (TPSA) is 120 Å². The van der Waals surface area contributed by atoms with Crippen LogP contribution >= 0.6 is 11.3 Å². The maximum Gasteiger partial charge on any atom is 0.348 e. The van der Waals surface area contributed by atoms with E-state index in [0.717, 1.165) is 22.7 Å².